The maximum atomic E-state index is 12.8. The van der Waals surface area contributed by atoms with Crippen LogP contribution in [0.1, 0.15) is 40.8 Å². The number of carboxylic acid groups (broad SMARTS) is 1. The first-order chi connectivity index (χ1) is 12.4. The number of carbonyl (C=O) groups excluding carboxylic acids is 1. The molecule has 1 N–H and O–H groups in total. The Morgan fingerprint density at radius 1 is 1.00 bits per heavy atom. The maximum absolute atomic E-state index is 12.8. The first-order valence-electron chi connectivity index (χ1n) is 8.40. The molecule has 2 aromatic rings. The molecule has 1 saturated heterocycles. The minimum Gasteiger partial charge on any atom is -0.481 e. The highest BCUT2D eigenvalue weighted by atomic mass is 19.3. The molecule has 0 aromatic heterocycles. The highest BCUT2D eigenvalue weighted by Gasteiger charge is 2.43. The van der Waals surface area contributed by atoms with Crippen molar-refractivity contribution in [3.05, 3.63) is 71.3 Å². The zero-order chi connectivity index (χ0) is 18.7. The number of carboxylic acids is 1. The monoisotopic (exact) mass is 359 g/mol. The van der Waals surface area contributed by atoms with E-state index in [1.807, 2.05) is 6.07 Å². The van der Waals surface area contributed by atoms with Gasteiger partial charge >= 0.3 is 5.97 Å². The number of piperidine rings is 1. The van der Waals surface area contributed by atoms with E-state index in [2.05, 4.69) is 0 Å². The summed E-state index contributed by atoms with van der Waals surface area (Å²) in [6.45, 7) is 0.526. The third kappa shape index (κ3) is 3.31. The van der Waals surface area contributed by atoms with Crippen molar-refractivity contribution in [3.63, 3.8) is 0 Å². The fourth-order valence-electron chi connectivity index (χ4n) is 3.46. The molecule has 0 saturated carbocycles. The molecule has 6 heteroatoms. The van der Waals surface area contributed by atoms with Crippen molar-refractivity contribution in [1.29, 1.82) is 0 Å². The lowest BCUT2D eigenvalue weighted by Crippen LogP contribution is -2.49. The van der Waals surface area contributed by atoms with Crippen LogP contribution in [-0.4, -0.2) is 35.0 Å². The molecule has 26 heavy (non-hydrogen) atoms. The standard InChI is InChI=1S/C20H19F2NO3/c21-17(22)14-5-4-6-15(13-14)18(24)23-11-9-20(10-12-23,19(25)26)16-7-2-1-3-8-16/h1-8,13,17H,9-12H2,(H,25,26). The quantitative estimate of drug-likeness (QED) is 0.901. The number of hydrogen-bond donors (Lipinski definition) is 1. The fraction of sp³-hybridized carbons (Fsp3) is 0.300. The molecule has 0 aliphatic carbocycles. The molecular formula is C20H19F2NO3. The first-order valence-corrected chi connectivity index (χ1v) is 8.40. The SMILES string of the molecule is O=C(c1cccc(C(F)F)c1)N1CCC(C(=O)O)(c2ccccc2)CC1. The number of amides is 1. The first kappa shape index (κ1) is 18.0. The molecule has 0 unspecified atom stereocenters. The summed E-state index contributed by atoms with van der Waals surface area (Å²) in [5, 5.41) is 9.79. The van der Waals surface area contributed by atoms with Gasteiger partial charge in [-0.25, -0.2) is 8.78 Å². The van der Waals surface area contributed by atoms with E-state index >= 15 is 0 Å². The fourth-order valence-corrected chi connectivity index (χ4v) is 3.46. The summed E-state index contributed by atoms with van der Waals surface area (Å²) in [6, 6.07) is 14.4. The van der Waals surface area contributed by atoms with Crippen LogP contribution in [0.2, 0.25) is 0 Å². The topological polar surface area (TPSA) is 57.6 Å². The van der Waals surface area contributed by atoms with E-state index in [0.29, 0.717) is 0 Å². The predicted molar refractivity (Wildman–Crippen MR) is 92.3 cm³/mol. The second-order valence-electron chi connectivity index (χ2n) is 6.47. The number of halogens is 2. The van der Waals surface area contributed by atoms with E-state index in [4.69, 9.17) is 0 Å². The van der Waals surface area contributed by atoms with Gasteiger partial charge in [-0.05, 0) is 30.5 Å². The van der Waals surface area contributed by atoms with E-state index in [1.54, 1.807) is 24.3 Å². The van der Waals surface area contributed by atoms with Gasteiger partial charge in [-0.1, -0.05) is 42.5 Å². The Balaban J connectivity index is 1.78. The van der Waals surface area contributed by atoms with E-state index in [1.165, 1.54) is 29.2 Å². The number of likely N-dealkylation sites (tertiary alicyclic amines) is 1. The van der Waals surface area contributed by atoms with E-state index in [9.17, 15) is 23.5 Å². The van der Waals surface area contributed by atoms with Crippen molar-refractivity contribution in [2.24, 2.45) is 0 Å². The third-order valence-electron chi connectivity index (χ3n) is 5.03. The van der Waals surface area contributed by atoms with Gasteiger partial charge in [-0.15, -0.1) is 0 Å². The van der Waals surface area contributed by atoms with Gasteiger partial charge in [0.05, 0.1) is 5.41 Å². The second-order valence-corrected chi connectivity index (χ2v) is 6.47. The molecule has 3 rings (SSSR count). The van der Waals surface area contributed by atoms with Crippen molar-refractivity contribution >= 4 is 11.9 Å². The average molecular weight is 359 g/mol. The van der Waals surface area contributed by atoms with Crippen molar-refractivity contribution in [2.45, 2.75) is 24.7 Å². The zero-order valence-corrected chi connectivity index (χ0v) is 14.1. The molecule has 0 spiro atoms. The number of hydrogen-bond acceptors (Lipinski definition) is 2. The molecule has 136 valence electrons. The van der Waals surface area contributed by atoms with Crippen LogP contribution in [0.25, 0.3) is 0 Å². The largest absolute Gasteiger partial charge is 0.481 e. The normalized spacial score (nSPS) is 16.5. The van der Waals surface area contributed by atoms with E-state index in [-0.39, 0.29) is 43.0 Å². The Bertz CT molecular complexity index is 800. The van der Waals surface area contributed by atoms with Crippen LogP contribution < -0.4 is 0 Å². The molecule has 2 aromatic carbocycles. The Labute approximate surface area is 150 Å². The zero-order valence-electron chi connectivity index (χ0n) is 14.1. The lowest BCUT2D eigenvalue weighted by molar-refractivity contribution is -0.145. The summed E-state index contributed by atoms with van der Waals surface area (Å²) in [5.74, 6) is -1.25. The molecule has 0 atom stereocenters. The second kappa shape index (κ2) is 7.23. The summed E-state index contributed by atoms with van der Waals surface area (Å²) in [7, 11) is 0. The highest BCUT2D eigenvalue weighted by Crippen LogP contribution is 2.36. The average Bonchev–Trinajstić information content (AvgIpc) is 2.68. The van der Waals surface area contributed by atoms with Crippen LogP contribution >= 0.6 is 0 Å². The number of rotatable bonds is 4. The number of nitrogens with zero attached hydrogens (tertiary/aromatic N) is 1. The van der Waals surface area contributed by atoms with Crippen LogP contribution in [0.15, 0.2) is 54.6 Å². The summed E-state index contributed by atoms with van der Waals surface area (Å²) in [6.07, 6.45) is -2.07. The van der Waals surface area contributed by atoms with Crippen molar-refractivity contribution in [1.82, 2.24) is 4.90 Å². The van der Waals surface area contributed by atoms with Crippen molar-refractivity contribution in [3.8, 4) is 0 Å². The Morgan fingerprint density at radius 2 is 1.65 bits per heavy atom. The predicted octanol–water partition coefficient (Wildman–Crippen LogP) is 3.88. The lowest BCUT2D eigenvalue weighted by Gasteiger charge is -2.39. The summed E-state index contributed by atoms with van der Waals surface area (Å²) >= 11 is 0. The van der Waals surface area contributed by atoms with Gasteiger partial charge in [0.2, 0.25) is 0 Å². The van der Waals surface area contributed by atoms with Gasteiger partial charge in [0.25, 0.3) is 12.3 Å². The molecule has 1 aliphatic heterocycles. The van der Waals surface area contributed by atoms with Crippen LogP contribution in [0, 0.1) is 0 Å². The molecule has 1 fully saturated rings. The minimum absolute atomic E-state index is 0.197. The molecule has 1 heterocycles. The summed E-state index contributed by atoms with van der Waals surface area (Å²) in [5.41, 5.74) is -0.301. The number of alkyl halides is 2. The maximum Gasteiger partial charge on any atom is 0.314 e. The summed E-state index contributed by atoms with van der Waals surface area (Å²) < 4.78 is 25.7. The molecule has 0 radical (unpaired) electrons. The van der Waals surface area contributed by atoms with Crippen LogP contribution in [0.5, 0.6) is 0 Å². The molecule has 0 bridgehead atoms. The third-order valence-corrected chi connectivity index (χ3v) is 5.03. The number of aliphatic carboxylic acids is 1. The van der Waals surface area contributed by atoms with Crippen molar-refractivity contribution < 1.29 is 23.5 Å². The number of carbonyl (C=O) groups is 2. The highest BCUT2D eigenvalue weighted by molar-refractivity contribution is 5.94. The minimum atomic E-state index is -2.64. The van der Waals surface area contributed by atoms with E-state index in [0.717, 1.165) is 5.56 Å². The Morgan fingerprint density at radius 3 is 2.23 bits per heavy atom. The Hall–Kier alpha value is -2.76. The Kier molecular flexibility index (Phi) is 5.02. The lowest BCUT2D eigenvalue weighted by atomic mass is 9.72. The van der Waals surface area contributed by atoms with Crippen LogP contribution in [0.4, 0.5) is 8.78 Å². The van der Waals surface area contributed by atoms with Crippen molar-refractivity contribution in [2.75, 3.05) is 13.1 Å². The molecular weight excluding hydrogens is 340 g/mol. The molecule has 1 amide bonds. The molecule has 1 aliphatic rings. The number of benzene rings is 2. The summed E-state index contributed by atoms with van der Waals surface area (Å²) in [4.78, 5) is 26.1. The molecule has 4 nitrogen and oxygen atoms in total. The van der Waals surface area contributed by atoms with Crippen LogP contribution in [-0.2, 0) is 10.2 Å². The van der Waals surface area contributed by atoms with Gasteiger partial charge in [0.15, 0.2) is 0 Å². The van der Waals surface area contributed by atoms with E-state index < -0.39 is 17.8 Å². The smallest absolute Gasteiger partial charge is 0.314 e. The van der Waals surface area contributed by atoms with Gasteiger partial charge in [-0.2, -0.15) is 0 Å². The van der Waals surface area contributed by atoms with Gasteiger partial charge in [0.1, 0.15) is 0 Å². The van der Waals surface area contributed by atoms with Gasteiger partial charge in [0, 0.05) is 24.2 Å². The van der Waals surface area contributed by atoms with Crippen LogP contribution in [0.3, 0.4) is 0 Å². The van der Waals surface area contributed by atoms with Gasteiger partial charge < -0.3 is 10.0 Å². The van der Waals surface area contributed by atoms with Gasteiger partial charge in [-0.3, -0.25) is 9.59 Å².